The van der Waals surface area contributed by atoms with Crippen LogP contribution in [0.1, 0.15) is 26.2 Å². The minimum absolute atomic E-state index is 0.00618. The molecule has 10 N–H and O–H groups in total. The van der Waals surface area contributed by atoms with E-state index < -0.39 is 54.8 Å². The minimum atomic E-state index is -1.04. The summed E-state index contributed by atoms with van der Waals surface area (Å²) in [5.74, 6) is -2.77. The highest BCUT2D eigenvalue weighted by atomic mass is 35.5. The summed E-state index contributed by atoms with van der Waals surface area (Å²) in [5.41, 5.74) is 0. The highest BCUT2D eigenvalue weighted by Crippen LogP contribution is 1.96. The Balaban J connectivity index is 4.54. The van der Waals surface area contributed by atoms with Crippen molar-refractivity contribution in [2.24, 2.45) is 0 Å². The Bertz CT molecular complexity index is 949. The Hall–Kier alpha value is -3.13. The molecule has 0 bridgehead atoms. The number of nitrogens with zero attached hydrogens (tertiary/aromatic N) is 2. The number of likely N-dealkylation sites (N-methyl/N-ethyl adjacent to an activating group) is 1. The first-order valence-corrected chi connectivity index (χ1v) is 16.2. The van der Waals surface area contributed by atoms with Crippen molar-refractivity contribution in [3.05, 3.63) is 0 Å². The number of amides is 6. The van der Waals surface area contributed by atoms with E-state index in [-0.39, 0.29) is 77.0 Å². The van der Waals surface area contributed by atoms with Crippen molar-refractivity contribution < 1.29 is 44.1 Å². The van der Waals surface area contributed by atoms with Crippen LogP contribution < -0.4 is 37.2 Å². The van der Waals surface area contributed by atoms with Gasteiger partial charge in [-0.1, -0.05) is 0 Å². The number of aliphatic hydroxyl groups excluding tert-OH is 3. The van der Waals surface area contributed by atoms with Crippen LogP contribution >= 0.6 is 11.6 Å². The predicted octanol–water partition coefficient (Wildman–Crippen LogP) is -5.35. The zero-order chi connectivity index (χ0) is 35.5. The van der Waals surface area contributed by atoms with E-state index in [0.29, 0.717) is 32.7 Å². The molecule has 0 aromatic heterocycles. The molecule has 0 fully saturated rings. The van der Waals surface area contributed by atoms with Gasteiger partial charge in [-0.25, -0.2) is 0 Å². The Morgan fingerprint density at radius 1 is 0.574 bits per heavy atom. The Kier molecular flexibility index (Phi) is 26.1. The molecule has 272 valence electrons. The topological polar surface area (TPSA) is 254 Å². The molecule has 2 atom stereocenters. The third-order valence-electron chi connectivity index (χ3n) is 6.36. The van der Waals surface area contributed by atoms with Crippen molar-refractivity contribution in [1.82, 2.24) is 47.0 Å². The van der Waals surface area contributed by atoms with Crippen molar-refractivity contribution in [2.75, 3.05) is 105 Å². The number of nitrogens with one attached hydrogen (secondary N) is 7. The number of aliphatic hydroxyl groups is 3. The van der Waals surface area contributed by atoms with Crippen LogP contribution in [0.25, 0.3) is 0 Å². The maximum absolute atomic E-state index is 12.3. The second kappa shape index (κ2) is 27.9. The molecule has 0 aromatic carbocycles. The van der Waals surface area contributed by atoms with Gasteiger partial charge in [-0.2, -0.15) is 0 Å². The zero-order valence-electron chi connectivity index (χ0n) is 27.4. The van der Waals surface area contributed by atoms with E-state index in [9.17, 15) is 44.1 Å². The summed E-state index contributed by atoms with van der Waals surface area (Å²) in [5, 5.41) is 47.5. The fraction of sp³-hybridized carbons (Fsp3) is 0.786. The molecule has 0 spiro atoms. The van der Waals surface area contributed by atoms with Crippen molar-refractivity contribution in [3.8, 4) is 0 Å². The average molecular weight is 696 g/mol. The van der Waals surface area contributed by atoms with Gasteiger partial charge >= 0.3 is 0 Å². The van der Waals surface area contributed by atoms with E-state index in [0.717, 1.165) is 0 Å². The van der Waals surface area contributed by atoms with E-state index in [2.05, 4.69) is 37.2 Å². The van der Waals surface area contributed by atoms with Gasteiger partial charge in [0.2, 0.25) is 35.4 Å². The van der Waals surface area contributed by atoms with E-state index in [4.69, 9.17) is 11.6 Å². The summed E-state index contributed by atoms with van der Waals surface area (Å²) in [4.78, 5) is 75.3. The first kappa shape index (κ1) is 43.9. The van der Waals surface area contributed by atoms with Crippen LogP contribution in [0.2, 0.25) is 0 Å². The summed E-state index contributed by atoms with van der Waals surface area (Å²) in [6, 6.07) is 0. The van der Waals surface area contributed by atoms with Gasteiger partial charge in [0.25, 0.3) is 0 Å². The molecule has 0 radical (unpaired) electrons. The fourth-order valence-electron chi connectivity index (χ4n) is 4.04. The molecule has 0 saturated heterocycles. The smallest absolute Gasteiger partial charge is 0.229 e. The van der Waals surface area contributed by atoms with Crippen LogP contribution in [-0.4, -0.2) is 177 Å². The van der Waals surface area contributed by atoms with Gasteiger partial charge < -0.3 is 52.5 Å². The van der Waals surface area contributed by atoms with E-state index in [1.54, 1.807) is 23.8 Å². The molecule has 0 aliphatic carbocycles. The average Bonchev–Trinajstić information content (AvgIpc) is 3.00. The van der Waals surface area contributed by atoms with Crippen molar-refractivity contribution in [1.29, 1.82) is 0 Å². The lowest BCUT2D eigenvalue weighted by molar-refractivity contribution is -0.130. The molecule has 6 amide bonds. The van der Waals surface area contributed by atoms with Crippen LogP contribution in [-0.2, 0) is 28.8 Å². The number of hydrogen-bond acceptors (Lipinski definition) is 12. The van der Waals surface area contributed by atoms with Gasteiger partial charge in [-0.3, -0.25) is 38.6 Å². The van der Waals surface area contributed by atoms with Crippen LogP contribution in [0.15, 0.2) is 0 Å². The molecule has 18 nitrogen and oxygen atoms in total. The quantitative estimate of drug-likeness (QED) is 0.0209. The summed E-state index contributed by atoms with van der Waals surface area (Å²) in [6.07, 6.45) is -2.94. The highest BCUT2D eigenvalue weighted by molar-refractivity contribution is 6.18. The summed E-state index contributed by atoms with van der Waals surface area (Å²) < 4.78 is 0. The van der Waals surface area contributed by atoms with Gasteiger partial charge in [0.05, 0.1) is 18.8 Å². The maximum atomic E-state index is 12.3. The Morgan fingerprint density at radius 2 is 0.915 bits per heavy atom. The predicted molar refractivity (Wildman–Crippen MR) is 174 cm³/mol. The van der Waals surface area contributed by atoms with Gasteiger partial charge in [0.15, 0.2) is 0 Å². The molecule has 0 heterocycles. The summed E-state index contributed by atoms with van der Waals surface area (Å²) >= 11 is 5.71. The molecule has 0 aromatic rings. The fourth-order valence-corrected chi connectivity index (χ4v) is 4.14. The number of alkyl halides is 1. The molecular weight excluding hydrogens is 642 g/mol. The van der Waals surface area contributed by atoms with Crippen molar-refractivity contribution in [2.45, 2.75) is 38.4 Å². The number of carbonyl (C=O) groups is 6. The van der Waals surface area contributed by atoms with Gasteiger partial charge in [-0.15, -0.1) is 11.6 Å². The van der Waals surface area contributed by atoms with E-state index in [1.807, 2.05) is 0 Å². The van der Waals surface area contributed by atoms with E-state index >= 15 is 0 Å². The minimum Gasteiger partial charge on any atom is -0.394 e. The largest absolute Gasteiger partial charge is 0.394 e. The normalized spacial score (nSPS) is 12.3. The molecule has 0 saturated carbocycles. The lowest BCUT2D eigenvalue weighted by Crippen LogP contribution is -2.45. The zero-order valence-corrected chi connectivity index (χ0v) is 28.2. The molecule has 19 heteroatoms. The van der Waals surface area contributed by atoms with Gasteiger partial charge in [0.1, 0.15) is 19.3 Å². The SMILES string of the molecule is CCNC(=O)CC(=O)NCCN(CCNC(=O)CC(=O)NCCN(CCNC(=O)CC(=O)NCCNC)CC(O)CO)CC(O)CCl. The van der Waals surface area contributed by atoms with Crippen molar-refractivity contribution in [3.63, 3.8) is 0 Å². The second-order valence-electron chi connectivity index (χ2n) is 10.6. The lowest BCUT2D eigenvalue weighted by atomic mass is 10.3. The van der Waals surface area contributed by atoms with E-state index in [1.165, 1.54) is 0 Å². The van der Waals surface area contributed by atoms with Gasteiger partial charge in [0, 0.05) is 91.0 Å². The second-order valence-corrected chi connectivity index (χ2v) is 10.9. The maximum Gasteiger partial charge on any atom is 0.229 e. The number of hydrogen-bond donors (Lipinski definition) is 10. The third-order valence-corrected chi connectivity index (χ3v) is 6.72. The number of carbonyl (C=O) groups excluding carboxylic acids is 6. The Labute approximate surface area is 281 Å². The van der Waals surface area contributed by atoms with Crippen LogP contribution in [0.4, 0.5) is 0 Å². The molecule has 0 rings (SSSR count). The van der Waals surface area contributed by atoms with Crippen LogP contribution in [0.3, 0.4) is 0 Å². The van der Waals surface area contributed by atoms with Crippen LogP contribution in [0.5, 0.6) is 0 Å². The molecule has 2 unspecified atom stereocenters. The highest BCUT2D eigenvalue weighted by Gasteiger charge is 2.16. The van der Waals surface area contributed by atoms with Gasteiger partial charge in [-0.05, 0) is 14.0 Å². The number of rotatable bonds is 28. The first-order chi connectivity index (χ1) is 22.4. The molecule has 0 aliphatic heterocycles. The monoisotopic (exact) mass is 695 g/mol. The Morgan fingerprint density at radius 3 is 1.23 bits per heavy atom. The first-order valence-electron chi connectivity index (χ1n) is 15.7. The lowest BCUT2D eigenvalue weighted by Gasteiger charge is -2.25. The summed E-state index contributed by atoms with van der Waals surface area (Å²) in [6.45, 7) is 4.71. The standard InChI is InChI=1S/C28H54ClN9O9/c1-3-31-23(42)14-25(44)33-6-10-37(18-21(40)17-29)11-7-34-27(46)16-28(47)36-9-13-38(19-22(41)20-39)12-8-35-26(45)15-24(43)32-5-4-30-2/h21-22,30,39-41H,3-20H2,1-2H3,(H,31,42)(H,32,43)(H,33,44)(H,34,46)(H,35,45)(H,36,47). The third kappa shape index (κ3) is 25.6. The molecule has 47 heavy (non-hydrogen) atoms. The van der Waals surface area contributed by atoms with Crippen LogP contribution in [0, 0.1) is 0 Å². The van der Waals surface area contributed by atoms with Crippen molar-refractivity contribution >= 4 is 47.0 Å². The number of halogens is 1. The summed E-state index contributed by atoms with van der Waals surface area (Å²) in [7, 11) is 1.74. The molecule has 0 aliphatic rings. The molecular formula is C28H54ClN9O9.